The Hall–Kier alpha value is -4.79. The van der Waals surface area contributed by atoms with E-state index in [0.717, 1.165) is 11.1 Å². The largest absolute Gasteiger partial charge is 0.376 e. The lowest BCUT2D eigenvalue weighted by Crippen LogP contribution is -2.47. The van der Waals surface area contributed by atoms with Gasteiger partial charge in [0.1, 0.15) is 6.04 Å². The lowest BCUT2D eigenvalue weighted by Gasteiger charge is -2.19. The number of hydrogen-bond donors (Lipinski definition) is 2. The van der Waals surface area contributed by atoms with Crippen LogP contribution >= 0.6 is 0 Å². The van der Waals surface area contributed by atoms with Crippen LogP contribution in [0.15, 0.2) is 85.2 Å². The standard InChI is InChI=1S/C27H26N6O3/c1-32(2)20-16-21(26(29-17-20)33-14-13-22(31-33)19-11-7-4-8-12-19)27(36)30-23(24(34)25(28)35)15-18-9-5-3-6-10-18/h3-14,16-17,23H,15H2,1-2H3,(H2,28,35)(H,30,36). The van der Waals surface area contributed by atoms with E-state index >= 15 is 0 Å². The smallest absolute Gasteiger partial charge is 0.287 e. The number of aromatic nitrogens is 3. The molecule has 1 atom stereocenters. The maximum atomic E-state index is 13.5. The lowest BCUT2D eigenvalue weighted by molar-refractivity contribution is -0.137. The molecular formula is C27H26N6O3. The van der Waals surface area contributed by atoms with Crippen LogP contribution in [0.5, 0.6) is 0 Å². The van der Waals surface area contributed by atoms with Crippen molar-refractivity contribution >= 4 is 23.3 Å². The Balaban J connectivity index is 1.70. The Kier molecular flexibility index (Phi) is 7.20. The first kappa shape index (κ1) is 24.3. The molecule has 9 heteroatoms. The number of anilines is 1. The number of nitrogens with one attached hydrogen (secondary N) is 1. The summed E-state index contributed by atoms with van der Waals surface area (Å²) in [7, 11) is 3.66. The van der Waals surface area contributed by atoms with Gasteiger partial charge < -0.3 is 16.0 Å². The molecule has 2 aromatic carbocycles. The zero-order valence-electron chi connectivity index (χ0n) is 20.0. The van der Waals surface area contributed by atoms with Gasteiger partial charge in [0.25, 0.3) is 11.8 Å². The van der Waals surface area contributed by atoms with Gasteiger partial charge in [-0.2, -0.15) is 5.10 Å². The van der Waals surface area contributed by atoms with Crippen molar-refractivity contribution in [3.8, 4) is 17.1 Å². The molecule has 0 aliphatic carbocycles. The Morgan fingerprint density at radius 3 is 2.31 bits per heavy atom. The molecule has 2 aromatic heterocycles. The molecule has 3 N–H and O–H groups in total. The fourth-order valence-corrected chi connectivity index (χ4v) is 3.71. The third kappa shape index (κ3) is 5.47. The van der Waals surface area contributed by atoms with Gasteiger partial charge >= 0.3 is 0 Å². The van der Waals surface area contributed by atoms with Crippen molar-refractivity contribution < 1.29 is 14.4 Å². The molecule has 0 bridgehead atoms. The summed E-state index contributed by atoms with van der Waals surface area (Å²) >= 11 is 0. The van der Waals surface area contributed by atoms with Gasteiger partial charge in [0.05, 0.1) is 23.1 Å². The Bertz CT molecular complexity index is 1380. The molecule has 9 nitrogen and oxygen atoms in total. The van der Waals surface area contributed by atoms with E-state index < -0.39 is 23.6 Å². The number of primary amides is 1. The number of ketones is 1. The number of hydrogen-bond acceptors (Lipinski definition) is 6. The van der Waals surface area contributed by atoms with Crippen LogP contribution in [0.25, 0.3) is 17.1 Å². The zero-order valence-corrected chi connectivity index (χ0v) is 20.0. The Morgan fingerprint density at radius 1 is 1.00 bits per heavy atom. The minimum Gasteiger partial charge on any atom is -0.376 e. The SMILES string of the molecule is CN(C)c1cnc(-n2ccc(-c3ccccc3)n2)c(C(=O)NC(Cc2ccccc2)C(=O)C(N)=O)c1. The first-order valence-corrected chi connectivity index (χ1v) is 11.3. The number of carbonyl (C=O) groups is 3. The fourth-order valence-electron chi connectivity index (χ4n) is 3.71. The maximum absolute atomic E-state index is 13.5. The van der Waals surface area contributed by atoms with E-state index in [1.165, 1.54) is 4.68 Å². The average molecular weight is 483 g/mol. The number of Topliss-reactive ketones (excluding diaryl/α,β-unsaturated/α-hetero) is 1. The van der Waals surface area contributed by atoms with Crippen LogP contribution in [-0.4, -0.2) is 52.5 Å². The van der Waals surface area contributed by atoms with Crippen LogP contribution in [-0.2, 0) is 16.0 Å². The molecule has 0 radical (unpaired) electrons. The highest BCUT2D eigenvalue weighted by atomic mass is 16.2. The van der Waals surface area contributed by atoms with Crippen LogP contribution in [0, 0.1) is 0 Å². The maximum Gasteiger partial charge on any atom is 0.287 e. The first-order chi connectivity index (χ1) is 17.3. The molecule has 4 aromatic rings. The average Bonchev–Trinajstić information content (AvgIpc) is 3.38. The van der Waals surface area contributed by atoms with Gasteiger partial charge in [-0.3, -0.25) is 14.4 Å². The van der Waals surface area contributed by atoms with Gasteiger partial charge in [-0.1, -0.05) is 60.7 Å². The highest BCUT2D eigenvalue weighted by Gasteiger charge is 2.27. The van der Waals surface area contributed by atoms with Crippen molar-refractivity contribution in [3.05, 3.63) is 96.3 Å². The quantitative estimate of drug-likeness (QED) is 0.353. The number of amides is 2. The summed E-state index contributed by atoms with van der Waals surface area (Å²) in [6, 6.07) is 21.1. The Morgan fingerprint density at radius 2 is 1.67 bits per heavy atom. The molecule has 0 aliphatic heterocycles. The summed E-state index contributed by atoms with van der Waals surface area (Å²) in [5, 5.41) is 7.29. The van der Waals surface area contributed by atoms with E-state index in [1.807, 2.05) is 85.7 Å². The molecule has 0 spiro atoms. The van der Waals surface area contributed by atoms with Crippen molar-refractivity contribution in [1.29, 1.82) is 0 Å². The summed E-state index contributed by atoms with van der Waals surface area (Å²) in [4.78, 5) is 44.1. The molecule has 2 heterocycles. The van der Waals surface area contributed by atoms with Gasteiger partial charge in [0, 0.05) is 32.3 Å². The van der Waals surface area contributed by atoms with Gasteiger partial charge in [-0.15, -0.1) is 0 Å². The molecule has 36 heavy (non-hydrogen) atoms. The monoisotopic (exact) mass is 482 g/mol. The molecule has 182 valence electrons. The zero-order chi connectivity index (χ0) is 25.7. The summed E-state index contributed by atoms with van der Waals surface area (Å²) < 4.78 is 1.51. The topological polar surface area (TPSA) is 123 Å². The van der Waals surface area contributed by atoms with E-state index in [4.69, 9.17) is 5.73 Å². The summed E-state index contributed by atoms with van der Waals surface area (Å²) in [6.07, 6.45) is 3.46. The van der Waals surface area contributed by atoms with Gasteiger partial charge in [-0.05, 0) is 17.7 Å². The first-order valence-electron chi connectivity index (χ1n) is 11.3. The minimum absolute atomic E-state index is 0.115. The van der Waals surface area contributed by atoms with Crippen molar-refractivity contribution in [2.24, 2.45) is 5.73 Å². The second kappa shape index (κ2) is 10.6. The fraction of sp³-hybridized carbons (Fsp3) is 0.148. The van der Waals surface area contributed by atoms with Gasteiger partial charge in [0.2, 0.25) is 5.78 Å². The highest BCUT2D eigenvalue weighted by Crippen LogP contribution is 2.22. The van der Waals surface area contributed by atoms with E-state index in [0.29, 0.717) is 11.4 Å². The molecule has 0 saturated carbocycles. The second-order valence-electron chi connectivity index (χ2n) is 8.41. The minimum atomic E-state index is -1.13. The number of rotatable bonds is 9. The van der Waals surface area contributed by atoms with Crippen LogP contribution in [0.1, 0.15) is 15.9 Å². The number of nitrogens with two attached hydrogens (primary N) is 1. The van der Waals surface area contributed by atoms with E-state index in [9.17, 15) is 14.4 Å². The molecule has 0 fully saturated rings. The molecule has 1 unspecified atom stereocenters. The molecule has 0 saturated heterocycles. The number of benzene rings is 2. The van der Waals surface area contributed by atoms with Gasteiger partial charge in [-0.25, -0.2) is 9.67 Å². The van der Waals surface area contributed by atoms with Crippen molar-refractivity contribution in [3.63, 3.8) is 0 Å². The van der Waals surface area contributed by atoms with E-state index in [1.54, 1.807) is 18.5 Å². The summed E-state index contributed by atoms with van der Waals surface area (Å²) in [6.45, 7) is 0. The van der Waals surface area contributed by atoms with Crippen LogP contribution in [0.2, 0.25) is 0 Å². The molecule has 4 rings (SSSR count). The number of carbonyl (C=O) groups excluding carboxylic acids is 3. The normalized spacial score (nSPS) is 11.5. The third-order valence-corrected chi connectivity index (χ3v) is 5.64. The summed E-state index contributed by atoms with van der Waals surface area (Å²) in [5.41, 5.74) is 8.56. The van der Waals surface area contributed by atoms with Crippen LogP contribution in [0.4, 0.5) is 5.69 Å². The van der Waals surface area contributed by atoms with Crippen molar-refractivity contribution in [2.75, 3.05) is 19.0 Å². The van der Waals surface area contributed by atoms with Crippen molar-refractivity contribution in [1.82, 2.24) is 20.1 Å². The summed E-state index contributed by atoms with van der Waals surface area (Å²) in [5.74, 6) is -2.29. The third-order valence-electron chi connectivity index (χ3n) is 5.64. The second-order valence-corrected chi connectivity index (χ2v) is 8.41. The van der Waals surface area contributed by atoms with Gasteiger partial charge in [0.15, 0.2) is 5.82 Å². The predicted octanol–water partition coefficient (Wildman–Crippen LogP) is 2.40. The Labute approximate surface area is 208 Å². The van der Waals surface area contributed by atoms with Crippen LogP contribution in [0.3, 0.4) is 0 Å². The lowest BCUT2D eigenvalue weighted by atomic mass is 10.0. The number of pyridine rings is 1. The van der Waals surface area contributed by atoms with Crippen molar-refractivity contribution in [2.45, 2.75) is 12.5 Å². The van der Waals surface area contributed by atoms with E-state index in [-0.39, 0.29) is 17.8 Å². The molecule has 0 aliphatic rings. The van der Waals surface area contributed by atoms with Crippen LogP contribution < -0.4 is 16.0 Å². The molecular weight excluding hydrogens is 456 g/mol. The predicted molar refractivity (Wildman–Crippen MR) is 137 cm³/mol. The number of nitrogens with zero attached hydrogens (tertiary/aromatic N) is 4. The van der Waals surface area contributed by atoms with E-state index in [2.05, 4.69) is 15.4 Å². The molecule has 2 amide bonds. The highest BCUT2D eigenvalue weighted by molar-refractivity contribution is 6.38.